The van der Waals surface area contributed by atoms with Gasteiger partial charge in [-0.3, -0.25) is 9.36 Å². The highest BCUT2D eigenvalue weighted by molar-refractivity contribution is 5.93. The minimum atomic E-state index is -4.46. The van der Waals surface area contributed by atoms with E-state index in [1.807, 2.05) is 6.92 Å². The molecule has 31 heavy (non-hydrogen) atoms. The lowest BCUT2D eigenvalue weighted by Crippen LogP contribution is -2.33. The molecule has 2 aromatic carbocycles. The number of hydrogen-bond donors (Lipinski definition) is 1. The summed E-state index contributed by atoms with van der Waals surface area (Å²) >= 11 is 0. The summed E-state index contributed by atoms with van der Waals surface area (Å²) < 4.78 is 41.9. The number of benzene rings is 2. The van der Waals surface area contributed by atoms with Crippen molar-refractivity contribution < 1.29 is 18.0 Å². The van der Waals surface area contributed by atoms with Crippen molar-refractivity contribution in [3.8, 4) is 16.8 Å². The molecule has 7 heteroatoms. The molecule has 0 aliphatic heterocycles. The van der Waals surface area contributed by atoms with Gasteiger partial charge in [-0.1, -0.05) is 44.2 Å². The van der Waals surface area contributed by atoms with E-state index in [0.717, 1.165) is 18.9 Å². The number of alkyl halides is 3. The molecule has 0 unspecified atom stereocenters. The number of hydrogen-bond acceptors (Lipinski definition) is 2. The summed E-state index contributed by atoms with van der Waals surface area (Å²) in [6.45, 7) is 6.22. The fourth-order valence-electron chi connectivity index (χ4n) is 3.43. The second-order valence-electron chi connectivity index (χ2n) is 8.09. The smallest absolute Gasteiger partial charge is 0.348 e. The highest BCUT2D eigenvalue weighted by atomic mass is 19.4. The van der Waals surface area contributed by atoms with Crippen LogP contribution in [-0.2, 0) is 6.18 Å². The van der Waals surface area contributed by atoms with Crippen molar-refractivity contribution in [1.29, 1.82) is 0 Å². The van der Waals surface area contributed by atoms with Crippen LogP contribution in [0.4, 0.5) is 13.2 Å². The van der Waals surface area contributed by atoms with E-state index < -0.39 is 11.7 Å². The van der Waals surface area contributed by atoms with Crippen LogP contribution < -0.4 is 5.32 Å². The Bertz CT molecular complexity index is 1040. The number of amides is 1. The number of nitrogens with one attached hydrogen (secondary N) is 1. The summed E-state index contributed by atoms with van der Waals surface area (Å²) in [6, 6.07) is 12.1. The largest absolute Gasteiger partial charge is 0.417 e. The number of rotatable bonds is 7. The number of carbonyl (C=O) groups excluding carboxylic acids is 1. The maximum Gasteiger partial charge on any atom is 0.417 e. The Morgan fingerprint density at radius 3 is 2.52 bits per heavy atom. The maximum atomic E-state index is 13.4. The Labute approximate surface area is 180 Å². The summed E-state index contributed by atoms with van der Waals surface area (Å²) in [5.74, 6) is 0.280. The monoisotopic (exact) mass is 429 g/mol. The average molecular weight is 429 g/mol. The predicted octanol–water partition coefficient (Wildman–Crippen LogP) is 6.11. The molecule has 0 spiro atoms. The number of imidazole rings is 1. The van der Waals surface area contributed by atoms with Crippen LogP contribution in [0.25, 0.3) is 16.8 Å². The van der Waals surface area contributed by atoms with Gasteiger partial charge in [0.15, 0.2) is 0 Å². The molecule has 1 amide bonds. The minimum Gasteiger partial charge on any atom is -0.348 e. The number of carbonyl (C=O) groups is 1. The van der Waals surface area contributed by atoms with Crippen LogP contribution in [0.2, 0.25) is 0 Å². The Hall–Kier alpha value is -3.09. The van der Waals surface area contributed by atoms with Gasteiger partial charge >= 0.3 is 6.18 Å². The summed E-state index contributed by atoms with van der Waals surface area (Å²) in [5, 5.41) is 2.97. The van der Waals surface area contributed by atoms with Gasteiger partial charge in [-0.2, -0.15) is 13.2 Å². The van der Waals surface area contributed by atoms with Gasteiger partial charge in [0, 0.05) is 11.7 Å². The molecule has 1 N–H and O–H groups in total. The van der Waals surface area contributed by atoms with E-state index >= 15 is 0 Å². The van der Waals surface area contributed by atoms with Crippen molar-refractivity contribution in [2.24, 2.45) is 5.92 Å². The fourth-order valence-corrected chi connectivity index (χ4v) is 3.43. The molecule has 0 radical (unpaired) electrons. The van der Waals surface area contributed by atoms with Gasteiger partial charge < -0.3 is 5.32 Å². The van der Waals surface area contributed by atoms with Crippen LogP contribution in [0.3, 0.4) is 0 Å². The van der Waals surface area contributed by atoms with Gasteiger partial charge in [-0.05, 0) is 55.0 Å². The van der Waals surface area contributed by atoms with Gasteiger partial charge in [0.05, 0.1) is 18.1 Å². The van der Waals surface area contributed by atoms with Crippen LogP contribution in [0.5, 0.6) is 0 Å². The molecule has 3 aromatic rings. The zero-order valence-electron chi connectivity index (χ0n) is 17.8. The summed E-state index contributed by atoms with van der Waals surface area (Å²) in [4.78, 5) is 16.9. The van der Waals surface area contributed by atoms with Gasteiger partial charge in [-0.15, -0.1) is 0 Å². The van der Waals surface area contributed by atoms with Gasteiger partial charge in [-0.25, -0.2) is 4.98 Å². The number of halogens is 3. The summed E-state index contributed by atoms with van der Waals surface area (Å²) in [5.41, 5.74) is 0.695. The first kappa shape index (κ1) is 22.6. The predicted molar refractivity (Wildman–Crippen MR) is 115 cm³/mol. The Morgan fingerprint density at radius 2 is 1.81 bits per heavy atom. The first-order valence-corrected chi connectivity index (χ1v) is 10.3. The normalized spacial score (nSPS) is 12.7. The molecule has 0 saturated carbocycles. The standard InChI is InChI=1S/C24H26F3N3O/c1-16(2)11-12-17(3)29-23(31)22-14-28-15-30(22)19-8-6-7-18(13-19)20-9-4-5-10-21(20)24(25,26)27/h4-10,13-17H,11-12H2,1-3H3,(H,29,31)/t17-/m0/s1. The van der Waals surface area contributed by atoms with Gasteiger partial charge in [0.2, 0.25) is 0 Å². The minimum absolute atomic E-state index is 0.00301. The van der Waals surface area contributed by atoms with Crippen molar-refractivity contribution in [2.45, 2.75) is 45.8 Å². The highest BCUT2D eigenvalue weighted by Crippen LogP contribution is 2.37. The maximum absolute atomic E-state index is 13.4. The molecule has 0 aliphatic carbocycles. The van der Waals surface area contributed by atoms with Crippen LogP contribution in [0.1, 0.15) is 49.7 Å². The average Bonchev–Trinajstić information content (AvgIpc) is 3.22. The van der Waals surface area contributed by atoms with Crippen molar-refractivity contribution in [3.63, 3.8) is 0 Å². The van der Waals surface area contributed by atoms with Gasteiger partial charge in [0.25, 0.3) is 5.91 Å². The fraction of sp³-hybridized carbons (Fsp3) is 0.333. The van der Waals surface area contributed by atoms with Crippen LogP contribution in [0, 0.1) is 5.92 Å². The van der Waals surface area contributed by atoms with Crippen molar-refractivity contribution in [1.82, 2.24) is 14.9 Å². The number of aromatic nitrogens is 2. The molecule has 0 bridgehead atoms. The SMILES string of the molecule is CC(C)CC[C@H](C)NC(=O)c1cncn1-c1cccc(-c2ccccc2C(F)(F)F)c1. The van der Waals surface area contributed by atoms with E-state index in [-0.39, 0.29) is 17.5 Å². The molecule has 1 atom stereocenters. The molecule has 164 valence electrons. The van der Waals surface area contributed by atoms with E-state index in [1.54, 1.807) is 34.9 Å². The lowest BCUT2D eigenvalue weighted by molar-refractivity contribution is -0.137. The van der Waals surface area contributed by atoms with Gasteiger partial charge in [0.1, 0.15) is 5.69 Å². The molecule has 1 aromatic heterocycles. The third kappa shape index (κ3) is 5.54. The second-order valence-corrected chi connectivity index (χ2v) is 8.09. The van der Waals surface area contributed by atoms with Crippen LogP contribution in [-0.4, -0.2) is 21.5 Å². The second kappa shape index (κ2) is 9.37. The van der Waals surface area contributed by atoms with Crippen molar-refractivity contribution in [2.75, 3.05) is 0 Å². The quantitative estimate of drug-likeness (QED) is 0.492. The first-order valence-electron chi connectivity index (χ1n) is 10.3. The molecule has 0 aliphatic rings. The third-order valence-corrected chi connectivity index (χ3v) is 5.09. The lowest BCUT2D eigenvalue weighted by atomic mass is 9.99. The molecular weight excluding hydrogens is 403 g/mol. The first-order chi connectivity index (χ1) is 14.7. The molecule has 4 nitrogen and oxygen atoms in total. The van der Waals surface area contributed by atoms with E-state index in [1.165, 1.54) is 24.7 Å². The van der Waals surface area contributed by atoms with Crippen LogP contribution >= 0.6 is 0 Å². The zero-order chi connectivity index (χ0) is 22.6. The molecule has 0 saturated heterocycles. The molecular formula is C24H26F3N3O. The molecule has 3 rings (SSSR count). The van der Waals surface area contributed by atoms with E-state index in [0.29, 0.717) is 22.9 Å². The Kier molecular flexibility index (Phi) is 6.83. The Balaban J connectivity index is 1.89. The zero-order valence-corrected chi connectivity index (χ0v) is 17.8. The topological polar surface area (TPSA) is 46.9 Å². The molecule has 0 fully saturated rings. The van der Waals surface area contributed by atoms with E-state index in [4.69, 9.17) is 0 Å². The van der Waals surface area contributed by atoms with Crippen LogP contribution in [0.15, 0.2) is 61.1 Å². The van der Waals surface area contributed by atoms with Crippen molar-refractivity contribution >= 4 is 5.91 Å². The summed E-state index contributed by atoms with van der Waals surface area (Å²) in [7, 11) is 0. The Morgan fingerprint density at radius 1 is 1.06 bits per heavy atom. The highest BCUT2D eigenvalue weighted by Gasteiger charge is 2.33. The van der Waals surface area contributed by atoms with E-state index in [9.17, 15) is 18.0 Å². The summed E-state index contributed by atoms with van der Waals surface area (Å²) in [6.07, 6.45) is 0.352. The third-order valence-electron chi connectivity index (χ3n) is 5.09. The molecule has 1 heterocycles. The van der Waals surface area contributed by atoms with Crippen molar-refractivity contribution in [3.05, 3.63) is 72.3 Å². The lowest BCUT2D eigenvalue weighted by Gasteiger charge is -2.16. The number of nitrogens with zero attached hydrogens (tertiary/aromatic N) is 2. The van der Waals surface area contributed by atoms with E-state index in [2.05, 4.69) is 24.1 Å².